The molecule has 0 fully saturated rings. The number of hydrogen-bond acceptors (Lipinski definition) is 5. The van der Waals surface area contributed by atoms with Gasteiger partial charge < -0.3 is 9.29 Å². The van der Waals surface area contributed by atoms with Crippen LogP contribution in [0.5, 0.6) is 0 Å². The first kappa shape index (κ1) is 38.6. The number of esters is 1. The van der Waals surface area contributed by atoms with Gasteiger partial charge in [-0.05, 0) is 80.7 Å². The predicted molar refractivity (Wildman–Crippen MR) is 199 cm³/mol. The van der Waals surface area contributed by atoms with Crippen molar-refractivity contribution in [1.29, 1.82) is 0 Å². The Morgan fingerprint density at radius 2 is 1.33 bits per heavy atom. The molecule has 48 heavy (non-hydrogen) atoms. The number of rotatable bonds is 10. The standard InChI is InChI=1S/C40H46O2P.H2O4S/c1-31(25-26-39-33(3)29-35(42-34(4)41)30-40(39,5)6)17-16-18-32(2)27-28-43(36-19-10-7-11-20-36,37-21-12-8-13-22-37)38-23-14-9-15-24-38;1-5(2,3)4/h7-27,35H,28-30H2,1-6H3;(H2,1,2,3,4)/q+1;/p-1. The van der Waals surface area contributed by atoms with E-state index in [0.29, 0.717) is 0 Å². The molecule has 1 aliphatic rings. The Morgan fingerprint density at radius 3 is 1.75 bits per heavy atom. The fourth-order valence-corrected chi connectivity index (χ4v) is 10.4. The molecule has 1 unspecified atom stereocenters. The lowest BCUT2D eigenvalue weighted by Crippen LogP contribution is -2.33. The zero-order valence-corrected chi connectivity index (χ0v) is 30.4. The van der Waals surface area contributed by atoms with Crippen molar-refractivity contribution in [3.05, 3.63) is 150 Å². The maximum absolute atomic E-state index is 11.5. The molecule has 3 aromatic carbocycles. The van der Waals surface area contributed by atoms with E-state index in [9.17, 15) is 4.79 Å². The van der Waals surface area contributed by atoms with Crippen LogP contribution in [-0.4, -0.2) is 35.8 Å². The summed E-state index contributed by atoms with van der Waals surface area (Å²) in [4.78, 5) is 11.5. The minimum absolute atomic E-state index is 0.0363. The lowest BCUT2D eigenvalue weighted by Gasteiger charge is -2.37. The van der Waals surface area contributed by atoms with Crippen LogP contribution in [0.1, 0.15) is 54.4 Å². The first-order chi connectivity index (χ1) is 22.6. The van der Waals surface area contributed by atoms with Crippen LogP contribution in [0, 0.1) is 5.41 Å². The second-order valence-electron chi connectivity index (χ2n) is 12.7. The number of benzene rings is 3. The second-order valence-corrected chi connectivity index (χ2v) is 17.1. The molecular formula is C40H47O6PS. The highest BCUT2D eigenvalue weighted by atomic mass is 32.3. The maximum Gasteiger partial charge on any atom is 0.302 e. The van der Waals surface area contributed by atoms with Gasteiger partial charge in [-0.3, -0.25) is 9.35 Å². The fraction of sp³-hybridized carbons (Fsp3) is 0.275. The van der Waals surface area contributed by atoms with Gasteiger partial charge in [0, 0.05) is 13.3 Å². The molecule has 0 spiro atoms. The van der Waals surface area contributed by atoms with E-state index in [4.69, 9.17) is 22.3 Å². The van der Waals surface area contributed by atoms with Gasteiger partial charge in [0.25, 0.3) is 0 Å². The minimum Gasteiger partial charge on any atom is -0.726 e. The van der Waals surface area contributed by atoms with Crippen molar-refractivity contribution in [2.45, 2.75) is 60.5 Å². The highest BCUT2D eigenvalue weighted by Crippen LogP contribution is 2.55. The zero-order chi connectivity index (χ0) is 35.4. The SMILES string of the molecule is CC(=O)OC1CC(C)=C(C=CC(C)=CC=CC(C)=CC[P+](c2ccccc2)(c2ccccc2)c2ccccc2)C(C)(C)C1.O=S(=O)([O-])O. The van der Waals surface area contributed by atoms with Gasteiger partial charge in [0.2, 0.25) is 10.4 Å². The Hall–Kier alpha value is -3.87. The topological polar surface area (TPSA) is 104 Å². The van der Waals surface area contributed by atoms with Gasteiger partial charge in [0.15, 0.2) is 0 Å². The van der Waals surface area contributed by atoms with Crippen molar-refractivity contribution < 1.29 is 27.1 Å². The van der Waals surface area contributed by atoms with Crippen LogP contribution in [0.2, 0.25) is 0 Å². The van der Waals surface area contributed by atoms with Crippen molar-refractivity contribution >= 4 is 39.5 Å². The van der Waals surface area contributed by atoms with Crippen LogP contribution in [0.4, 0.5) is 0 Å². The molecule has 0 saturated heterocycles. The first-order valence-electron chi connectivity index (χ1n) is 15.9. The monoisotopic (exact) mass is 686 g/mol. The van der Waals surface area contributed by atoms with E-state index < -0.39 is 17.7 Å². The van der Waals surface area contributed by atoms with Crippen LogP contribution in [0.25, 0.3) is 0 Å². The van der Waals surface area contributed by atoms with Crippen molar-refractivity contribution in [2.24, 2.45) is 5.41 Å². The van der Waals surface area contributed by atoms with Crippen LogP contribution in [-0.2, 0) is 19.9 Å². The van der Waals surface area contributed by atoms with Gasteiger partial charge in [-0.1, -0.05) is 116 Å². The third-order valence-electron chi connectivity index (χ3n) is 8.30. The van der Waals surface area contributed by atoms with Crippen molar-refractivity contribution in [1.82, 2.24) is 0 Å². The van der Waals surface area contributed by atoms with E-state index in [1.807, 2.05) is 0 Å². The average Bonchev–Trinajstić information content (AvgIpc) is 3.01. The summed E-state index contributed by atoms with van der Waals surface area (Å²) in [5.74, 6) is -0.199. The smallest absolute Gasteiger partial charge is 0.302 e. The van der Waals surface area contributed by atoms with E-state index in [0.717, 1.165) is 19.0 Å². The molecule has 0 radical (unpaired) electrons. The molecule has 0 aliphatic heterocycles. The van der Waals surface area contributed by atoms with Gasteiger partial charge in [0.1, 0.15) is 29.3 Å². The molecule has 1 aliphatic carbocycles. The van der Waals surface area contributed by atoms with Crippen LogP contribution in [0.3, 0.4) is 0 Å². The number of carbonyl (C=O) groups excluding carboxylic acids is 1. The molecule has 0 heterocycles. The summed E-state index contributed by atoms with van der Waals surface area (Å²) in [5.41, 5.74) is 5.04. The van der Waals surface area contributed by atoms with E-state index in [-0.39, 0.29) is 17.5 Å². The Kier molecular flexibility index (Phi) is 14.1. The molecule has 1 N–H and O–H groups in total. The largest absolute Gasteiger partial charge is 0.726 e. The number of carbonyl (C=O) groups is 1. The summed E-state index contributed by atoms with van der Waals surface area (Å²) in [6, 6.07) is 33.1. The molecule has 8 heteroatoms. The van der Waals surface area contributed by atoms with E-state index in [2.05, 4.69) is 162 Å². The molecule has 1 atom stereocenters. The van der Waals surface area contributed by atoms with Gasteiger partial charge in [0.05, 0.1) is 6.16 Å². The van der Waals surface area contributed by atoms with Crippen LogP contribution in [0.15, 0.2) is 150 Å². The van der Waals surface area contributed by atoms with E-state index in [1.54, 1.807) is 0 Å². The normalized spacial score (nSPS) is 17.3. The summed E-state index contributed by atoms with van der Waals surface area (Å²) in [7, 11) is -6.80. The highest BCUT2D eigenvalue weighted by Gasteiger charge is 2.44. The second kappa shape index (κ2) is 17.5. The molecule has 6 nitrogen and oxygen atoms in total. The van der Waals surface area contributed by atoms with Crippen LogP contribution < -0.4 is 15.9 Å². The number of ether oxygens (including phenoxy) is 1. The minimum atomic E-state index is -4.92. The summed E-state index contributed by atoms with van der Waals surface area (Å²) in [6.45, 7) is 12.5. The molecule has 0 saturated carbocycles. The maximum atomic E-state index is 11.5. The number of allylic oxidation sites excluding steroid dienone is 9. The van der Waals surface area contributed by atoms with Crippen LogP contribution >= 0.6 is 7.26 Å². The van der Waals surface area contributed by atoms with Crippen molar-refractivity contribution in [3.63, 3.8) is 0 Å². The molecule has 4 rings (SSSR count). The molecule has 0 amide bonds. The number of hydrogen-bond donors (Lipinski definition) is 1. The first-order valence-corrected chi connectivity index (χ1v) is 19.3. The summed E-state index contributed by atoms with van der Waals surface area (Å²) in [5, 5.41) is 4.20. The van der Waals surface area contributed by atoms with Gasteiger partial charge >= 0.3 is 5.97 Å². The van der Waals surface area contributed by atoms with E-state index in [1.165, 1.54) is 45.1 Å². The van der Waals surface area contributed by atoms with E-state index >= 15 is 0 Å². The Morgan fingerprint density at radius 1 is 0.875 bits per heavy atom. The Bertz CT molecular complexity index is 1670. The molecule has 3 aromatic rings. The predicted octanol–water partition coefficient (Wildman–Crippen LogP) is 8.06. The zero-order valence-electron chi connectivity index (χ0n) is 28.7. The van der Waals surface area contributed by atoms with Crippen molar-refractivity contribution in [3.8, 4) is 0 Å². The van der Waals surface area contributed by atoms with Gasteiger partial charge in [-0.25, -0.2) is 8.42 Å². The Labute approximate surface area is 287 Å². The third kappa shape index (κ3) is 11.7. The van der Waals surface area contributed by atoms with Crippen molar-refractivity contribution in [2.75, 3.05) is 6.16 Å². The fourth-order valence-electron chi connectivity index (χ4n) is 6.25. The molecule has 254 valence electrons. The summed E-state index contributed by atoms with van der Waals surface area (Å²) >= 11 is 0. The van der Waals surface area contributed by atoms with Gasteiger partial charge in [-0.15, -0.1) is 0 Å². The Balaban J connectivity index is 0.00000116. The lowest BCUT2D eigenvalue weighted by atomic mass is 9.71. The average molecular weight is 687 g/mol. The molecule has 0 bridgehead atoms. The summed E-state index contributed by atoms with van der Waals surface area (Å²) < 4.78 is 38.4. The third-order valence-corrected chi connectivity index (χ3v) is 12.6. The quantitative estimate of drug-likeness (QED) is 0.0761. The molecular weight excluding hydrogens is 639 g/mol. The summed E-state index contributed by atoms with van der Waals surface area (Å²) in [6.07, 6.45) is 16.0. The molecule has 0 aromatic heterocycles. The highest BCUT2D eigenvalue weighted by molar-refractivity contribution is 7.95. The lowest BCUT2D eigenvalue weighted by molar-refractivity contribution is -0.147. The van der Waals surface area contributed by atoms with Gasteiger partial charge in [-0.2, -0.15) is 0 Å².